The summed E-state index contributed by atoms with van der Waals surface area (Å²) in [5, 5.41) is 1.16. The highest BCUT2D eigenvalue weighted by atomic mass is 35.5. The second kappa shape index (κ2) is 5.05. The number of carbonyl (C=O) groups is 1. The number of pyridine rings is 1. The maximum absolute atomic E-state index is 13.8. The highest BCUT2D eigenvalue weighted by molar-refractivity contribution is 6.34. The number of hydrogen-bond acceptors (Lipinski definition) is 3. The molecule has 3 rings (SSSR count). The minimum absolute atomic E-state index is 0.0418. The van der Waals surface area contributed by atoms with Gasteiger partial charge in [0.1, 0.15) is 11.6 Å². The van der Waals surface area contributed by atoms with E-state index >= 15 is 0 Å². The minimum atomic E-state index is -0.744. The lowest BCUT2D eigenvalue weighted by molar-refractivity contribution is -0.0961. The molecule has 1 amide bonds. The number of rotatable bonds is 2. The van der Waals surface area contributed by atoms with E-state index in [1.54, 1.807) is 0 Å². The molecule has 0 fully saturated rings. The molecule has 0 aliphatic carbocycles. The molecule has 2 aromatic rings. The number of amides is 1. The van der Waals surface area contributed by atoms with E-state index in [0.717, 1.165) is 17.2 Å². The van der Waals surface area contributed by atoms with Crippen LogP contribution in [0.15, 0.2) is 24.3 Å². The van der Waals surface area contributed by atoms with Gasteiger partial charge in [0.2, 0.25) is 0 Å². The van der Waals surface area contributed by atoms with Crippen molar-refractivity contribution in [3.8, 4) is 11.3 Å². The first-order valence-electron chi connectivity index (χ1n) is 6.02. The van der Waals surface area contributed by atoms with Gasteiger partial charge in [-0.3, -0.25) is 9.63 Å². The Hall–Kier alpha value is -2.05. The Morgan fingerprint density at radius 1 is 1.29 bits per heavy atom. The van der Waals surface area contributed by atoms with Crippen molar-refractivity contribution >= 4 is 17.5 Å². The Morgan fingerprint density at radius 3 is 2.57 bits per heavy atom. The first-order valence-corrected chi connectivity index (χ1v) is 6.40. The first-order chi connectivity index (χ1) is 10.0. The molecule has 0 saturated carbocycles. The third kappa shape index (κ3) is 2.16. The zero-order chi connectivity index (χ0) is 15.1. The van der Waals surface area contributed by atoms with Gasteiger partial charge in [0.15, 0.2) is 0 Å². The number of hydroxylamine groups is 2. The van der Waals surface area contributed by atoms with Crippen molar-refractivity contribution in [3.63, 3.8) is 0 Å². The van der Waals surface area contributed by atoms with Crippen LogP contribution >= 0.6 is 11.6 Å². The van der Waals surface area contributed by atoms with Crippen molar-refractivity contribution in [2.24, 2.45) is 0 Å². The number of aromatic nitrogens is 1. The lowest BCUT2D eigenvalue weighted by atomic mass is 10.1. The first kappa shape index (κ1) is 13.9. The van der Waals surface area contributed by atoms with E-state index in [1.165, 1.54) is 19.2 Å². The average molecular weight is 311 g/mol. The van der Waals surface area contributed by atoms with Crippen LogP contribution in [0, 0.1) is 11.6 Å². The number of fused-ring (bicyclic) bond motifs is 1. The van der Waals surface area contributed by atoms with Gasteiger partial charge in [0.05, 0.1) is 41.2 Å². The van der Waals surface area contributed by atoms with Crippen LogP contribution in [0.5, 0.6) is 0 Å². The van der Waals surface area contributed by atoms with Crippen molar-refractivity contribution in [1.82, 2.24) is 10.0 Å². The van der Waals surface area contributed by atoms with Crippen LogP contribution in [0.4, 0.5) is 8.78 Å². The Bertz CT molecular complexity index is 732. The van der Waals surface area contributed by atoms with Crippen LogP contribution in [0.2, 0.25) is 5.02 Å². The fraction of sp³-hybridized carbons (Fsp3) is 0.143. The van der Waals surface area contributed by atoms with Crippen LogP contribution in [0.1, 0.15) is 16.1 Å². The predicted octanol–water partition coefficient (Wildman–Crippen LogP) is 3.20. The Morgan fingerprint density at radius 2 is 1.95 bits per heavy atom. The molecule has 1 aliphatic rings. The fourth-order valence-electron chi connectivity index (χ4n) is 2.25. The molecule has 4 nitrogen and oxygen atoms in total. The van der Waals surface area contributed by atoms with Gasteiger partial charge in [0.25, 0.3) is 5.91 Å². The maximum Gasteiger partial charge on any atom is 0.281 e. The van der Waals surface area contributed by atoms with Gasteiger partial charge in [-0.25, -0.2) is 18.8 Å². The summed E-state index contributed by atoms with van der Waals surface area (Å²) in [6.07, 6.45) is 0. The van der Waals surface area contributed by atoms with E-state index in [9.17, 15) is 13.6 Å². The molecule has 7 heteroatoms. The number of halogens is 3. The van der Waals surface area contributed by atoms with Gasteiger partial charge in [-0.15, -0.1) is 0 Å². The van der Waals surface area contributed by atoms with Gasteiger partial charge in [-0.05, 0) is 18.2 Å². The van der Waals surface area contributed by atoms with E-state index in [1.807, 2.05) is 0 Å². The molecule has 108 valence electrons. The van der Waals surface area contributed by atoms with E-state index < -0.39 is 17.5 Å². The highest BCUT2D eigenvalue weighted by Crippen LogP contribution is 2.33. The summed E-state index contributed by atoms with van der Waals surface area (Å²) in [7, 11) is 1.34. The van der Waals surface area contributed by atoms with E-state index in [0.29, 0.717) is 5.69 Å². The summed E-state index contributed by atoms with van der Waals surface area (Å²) in [6.45, 7) is 0.0777. The molecule has 2 heterocycles. The van der Waals surface area contributed by atoms with Crippen molar-refractivity contribution < 1.29 is 18.4 Å². The molecule has 0 unspecified atom stereocenters. The molecule has 1 aliphatic heterocycles. The summed E-state index contributed by atoms with van der Waals surface area (Å²) >= 11 is 6.06. The average Bonchev–Trinajstić information content (AvgIpc) is 2.75. The summed E-state index contributed by atoms with van der Waals surface area (Å²) in [6, 6.07) is 4.81. The van der Waals surface area contributed by atoms with Crippen LogP contribution < -0.4 is 0 Å². The van der Waals surface area contributed by atoms with Gasteiger partial charge in [-0.1, -0.05) is 17.7 Å². The zero-order valence-corrected chi connectivity index (χ0v) is 11.6. The minimum Gasteiger partial charge on any atom is -0.274 e. The molecule has 21 heavy (non-hydrogen) atoms. The Labute approximate surface area is 123 Å². The van der Waals surface area contributed by atoms with Crippen molar-refractivity contribution in [2.75, 3.05) is 7.11 Å². The van der Waals surface area contributed by atoms with Gasteiger partial charge in [0, 0.05) is 0 Å². The monoisotopic (exact) mass is 310 g/mol. The molecule has 0 spiro atoms. The SMILES string of the molecule is CON1Cc2nc(-c3c(F)cccc3F)cc(Cl)c2C1=O. The Balaban J connectivity index is 2.17. The molecular weight excluding hydrogens is 302 g/mol. The predicted molar refractivity (Wildman–Crippen MR) is 71.5 cm³/mol. The third-order valence-electron chi connectivity index (χ3n) is 3.22. The molecule has 0 bridgehead atoms. The summed E-state index contributed by atoms with van der Waals surface area (Å²) in [4.78, 5) is 21.0. The quantitative estimate of drug-likeness (QED) is 0.855. The molecule has 0 saturated heterocycles. The van der Waals surface area contributed by atoms with Crippen molar-refractivity contribution in [3.05, 3.63) is 52.2 Å². The van der Waals surface area contributed by atoms with E-state index in [2.05, 4.69) is 4.98 Å². The van der Waals surface area contributed by atoms with Crippen LogP contribution in [-0.2, 0) is 11.4 Å². The van der Waals surface area contributed by atoms with E-state index in [-0.39, 0.29) is 28.4 Å². The molecule has 0 atom stereocenters. The van der Waals surface area contributed by atoms with Gasteiger partial charge in [-0.2, -0.15) is 0 Å². The van der Waals surface area contributed by atoms with Gasteiger partial charge >= 0.3 is 0 Å². The number of benzene rings is 1. The van der Waals surface area contributed by atoms with Crippen molar-refractivity contribution in [1.29, 1.82) is 0 Å². The normalized spacial score (nSPS) is 13.7. The number of carbonyl (C=O) groups excluding carboxylic acids is 1. The molecular formula is C14H9ClF2N2O2. The second-order valence-corrected chi connectivity index (χ2v) is 4.84. The lowest BCUT2D eigenvalue weighted by Gasteiger charge is -2.09. The summed E-state index contributed by atoms with van der Waals surface area (Å²) < 4.78 is 27.6. The third-order valence-corrected chi connectivity index (χ3v) is 3.52. The summed E-state index contributed by atoms with van der Waals surface area (Å²) in [5.74, 6) is -1.91. The highest BCUT2D eigenvalue weighted by Gasteiger charge is 2.32. The van der Waals surface area contributed by atoms with Gasteiger partial charge < -0.3 is 0 Å². The molecule has 1 aromatic heterocycles. The van der Waals surface area contributed by atoms with E-state index in [4.69, 9.17) is 16.4 Å². The fourth-order valence-corrected chi connectivity index (χ4v) is 2.55. The van der Waals surface area contributed by atoms with Crippen molar-refractivity contribution in [2.45, 2.75) is 6.54 Å². The largest absolute Gasteiger partial charge is 0.281 e. The molecule has 0 N–H and O–H groups in total. The number of nitrogens with zero attached hydrogens (tertiary/aromatic N) is 2. The zero-order valence-electron chi connectivity index (χ0n) is 10.9. The number of hydrogen-bond donors (Lipinski definition) is 0. The topological polar surface area (TPSA) is 42.4 Å². The maximum atomic E-state index is 13.8. The Kier molecular flexibility index (Phi) is 3.35. The standard InChI is InChI=1S/C14H9ClF2N2O2/c1-21-19-6-11-12(14(19)20)7(15)5-10(18-11)13-8(16)3-2-4-9(13)17/h2-5H,6H2,1H3. The second-order valence-electron chi connectivity index (χ2n) is 4.43. The van der Waals surface area contributed by atoms with Crippen LogP contribution in [0.3, 0.4) is 0 Å². The summed E-state index contributed by atoms with van der Waals surface area (Å²) in [5.41, 5.74) is 0.289. The smallest absolute Gasteiger partial charge is 0.274 e. The lowest BCUT2D eigenvalue weighted by Crippen LogP contribution is -2.22. The molecule has 0 radical (unpaired) electrons. The molecule has 1 aromatic carbocycles. The van der Waals surface area contributed by atoms with Crippen LogP contribution in [0.25, 0.3) is 11.3 Å². The van der Waals surface area contributed by atoms with Crippen LogP contribution in [-0.4, -0.2) is 23.1 Å².